The van der Waals surface area contributed by atoms with Crippen LogP contribution in [0.25, 0.3) is 11.4 Å². The van der Waals surface area contributed by atoms with E-state index < -0.39 is 6.10 Å². The number of methoxy groups -OCH3 is 1. The maximum Gasteiger partial charge on any atom is 0.263 e. The first kappa shape index (κ1) is 21.4. The van der Waals surface area contributed by atoms with Gasteiger partial charge in [0.15, 0.2) is 6.10 Å². The van der Waals surface area contributed by atoms with Crippen molar-refractivity contribution in [3.05, 3.63) is 59.5 Å². The second-order valence-corrected chi connectivity index (χ2v) is 7.22. The van der Waals surface area contributed by atoms with Crippen LogP contribution in [-0.4, -0.2) is 41.2 Å². The molecule has 7 heteroatoms. The fourth-order valence-corrected chi connectivity index (χ4v) is 3.02. The minimum Gasteiger partial charge on any atom is -0.497 e. The number of hydrogen-bond donors (Lipinski definition) is 0. The molecule has 1 atom stereocenters. The molecule has 0 saturated carbocycles. The van der Waals surface area contributed by atoms with E-state index in [1.165, 1.54) is 0 Å². The lowest BCUT2D eigenvalue weighted by molar-refractivity contribution is -0.138. The van der Waals surface area contributed by atoms with Crippen LogP contribution in [0.4, 0.5) is 0 Å². The van der Waals surface area contributed by atoms with Crippen molar-refractivity contribution in [1.29, 1.82) is 0 Å². The van der Waals surface area contributed by atoms with Crippen LogP contribution in [0.3, 0.4) is 0 Å². The Labute approximate surface area is 176 Å². The third kappa shape index (κ3) is 4.97. The summed E-state index contributed by atoms with van der Waals surface area (Å²) in [5.41, 5.74) is 2.86. The van der Waals surface area contributed by atoms with E-state index in [1.54, 1.807) is 19.1 Å². The quantitative estimate of drug-likeness (QED) is 0.555. The first-order valence-electron chi connectivity index (χ1n) is 9.87. The van der Waals surface area contributed by atoms with Gasteiger partial charge in [-0.25, -0.2) is 0 Å². The summed E-state index contributed by atoms with van der Waals surface area (Å²) < 4.78 is 16.6. The van der Waals surface area contributed by atoms with E-state index in [1.807, 2.05) is 63.2 Å². The summed E-state index contributed by atoms with van der Waals surface area (Å²) in [5.74, 6) is 2.09. The second kappa shape index (κ2) is 9.43. The molecule has 0 aliphatic heterocycles. The second-order valence-electron chi connectivity index (χ2n) is 7.22. The smallest absolute Gasteiger partial charge is 0.263 e. The maximum absolute atomic E-state index is 12.9. The van der Waals surface area contributed by atoms with Gasteiger partial charge < -0.3 is 18.9 Å². The molecule has 158 valence electrons. The van der Waals surface area contributed by atoms with E-state index in [0.717, 1.165) is 22.4 Å². The molecular formula is C23H27N3O4. The van der Waals surface area contributed by atoms with E-state index in [4.69, 9.17) is 14.0 Å². The Hall–Kier alpha value is -3.35. The molecule has 1 amide bonds. The van der Waals surface area contributed by atoms with Gasteiger partial charge in [-0.3, -0.25) is 4.79 Å². The lowest BCUT2D eigenvalue weighted by Gasteiger charge is -2.23. The van der Waals surface area contributed by atoms with E-state index in [9.17, 15) is 4.79 Å². The van der Waals surface area contributed by atoms with Crippen LogP contribution in [0.5, 0.6) is 11.5 Å². The highest BCUT2D eigenvalue weighted by Crippen LogP contribution is 2.23. The Morgan fingerprint density at radius 2 is 2.00 bits per heavy atom. The molecule has 30 heavy (non-hydrogen) atoms. The SMILES string of the molecule is CC[C@@H](Oc1cc(C)ccc1C)C(=O)N(C)Cc1nc(-c2cccc(OC)c2)no1. The number of likely N-dealkylation sites (N-methyl/N-ethyl adjacent to an activating group) is 1. The number of carbonyl (C=O) groups excluding carboxylic acids is 1. The molecule has 7 nitrogen and oxygen atoms in total. The van der Waals surface area contributed by atoms with Crippen LogP contribution in [0, 0.1) is 13.8 Å². The van der Waals surface area contributed by atoms with Crippen LogP contribution in [0.15, 0.2) is 47.0 Å². The van der Waals surface area contributed by atoms with Crippen molar-refractivity contribution >= 4 is 5.91 Å². The predicted molar refractivity (Wildman–Crippen MR) is 113 cm³/mol. The molecule has 0 N–H and O–H groups in total. The summed E-state index contributed by atoms with van der Waals surface area (Å²) >= 11 is 0. The summed E-state index contributed by atoms with van der Waals surface area (Å²) in [6, 6.07) is 13.4. The zero-order valence-electron chi connectivity index (χ0n) is 18.0. The van der Waals surface area contributed by atoms with Crippen molar-refractivity contribution in [2.75, 3.05) is 14.2 Å². The van der Waals surface area contributed by atoms with Gasteiger partial charge in [-0.05, 0) is 49.6 Å². The van der Waals surface area contributed by atoms with Gasteiger partial charge in [0.05, 0.1) is 13.7 Å². The summed E-state index contributed by atoms with van der Waals surface area (Å²) in [6.45, 7) is 6.09. The maximum atomic E-state index is 12.9. The topological polar surface area (TPSA) is 77.7 Å². The molecule has 3 rings (SSSR count). The normalized spacial score (nSPS) is 11.8. The molecule has 1 aromatic heterocycles. The number of amides is 1. The van der Waals surface area contributed by atoms with Crippen LogP contribution < -0.4 is 9.47 Å². The van der Waals surface area contributed by atoms with Crippen molar-refractivity contribution in [3.63, 3.8) is 0 Å². The Morgan fingerprint density at radius 1 is 1.20 bits per heavy atom. The number of ether oxygens (including phenoxy) is 2. The van der Waals surface area contributed by atoms with Crippen LogP contribution in [0.1, 0.15) is 30.4 Å². The standard InChI is InChI=1S/C23H27N3O4/c1-6-19(29-20-12-15(2)10-11-16(20)3)23(27)26(4)14-21-24-22(25-30-21)17-8-7-9-18(13-17)28-5/h7-13,19H,6,14H2,1-5H3/t19-/m1/s1. The van der Waals surface area contributed by atoms with Crippen LogP contribution in [0.2, 0.25) is 0 Å². The number of rotatable bonds is 8. The van der Waals surface area contributed by atoms with Crippen LogP contribution in [-0.2, 0) is 11.3 Å². The molecule has 1 heterocycles. The summed E-state index contributed by atoms with van der Waals surface area (Å²) in [6.07, 6.45) is -0.0357. The minimum atomic E-state index is -0.587. The lowest BCUT2D eigenvalue weighted by atomic mass is 10.1. The lowest BCUT2D eigenvalue weighted by Crippen LogP contribution is -2.39. The van der Waals surface area contributed by atoms with Crippen LogP contribution >= 0.6 is 0 Å². The van der Waals surface area contributed by atoms with Gasteiger partial charge in [-0.15, -0.1) is 0 Å². The highest BCUT2D eigenvalue weighted by molar-refractivity contribution is 5.81. The molecule has 0 aliphatic carbocycles. The van der Waals surface area contributed by atoms with E-state index in [-0.39, 0.29) is 12.5 Å². The largest absolute Gasteiger partial charge is 0.497 e. The molecule has 0 spiro atoms. The first-order valence-corrected chi connectivity index (χ1v) is 9.87. The summed E-state index contributed by atoms with van der Waals surface area (Å²) in [4.78, 5) is 18.9. The number of hydrogen-bond acceptors (Lipinski definition) is 6. The average Bonchev–Trinajstić information content (AvgIpc) is 3.22. The van der Waals surface area contributed by atoms with Gasteiger partial charge in [-0.1, -0.05) is 36.3 Å². The third-order valence-corrected chi connectivity index (χ3v) is 4.80. The molecule has 0 radical (unpaired) electrons. The summed E-state index contributed by atoms with van der Waals surface area (Å²) in [7, 11) is 3.30. The zero-order chi connectivity index (χ0) is 21.7. The minimum absolute atomic E-state index is 0.139. The summed E-state index contributed by atoms with van der Waals surface area (Å²) in [5, 5.41) is 4.02. The predicted octanol–water partition coefficient (Wildman–Crippen LogP) is 4.18. The number of aryl methyl sites for hydroxylation is 2. The van der Waals surface area contributed by atoms with Crippen molar-refractivity contribution in [2.45, 2.75) is 39.8 Å². The van der Waals surface area contributed by atoms with Gasteiger partial charge in [0.25, 0.3) is 5.91 Å². The third-order valence-electron chi connectivity index (χ3n) is 4.80. The number of benzene rings is 2. The Balaban J connectivity index is 1.68. The van der Waals surface area contributed by atoms with Crippen molar-refractivity contribution in [3.8, 4) is 22.9 Å². The van der Waals surface area contributed by atoms with E-state index in [2.05, 4.69) is 10.1 Å². The fourth-order valence-electron chi connectivity index (χ4n) is 3.02. The van der Waals surface area contributed by atoms with Crippen molar-refractivity contribution in [2.24, 2.45) is 0 Å². The highest BCUT2D eigenvalue weighted by Gasteiger charge is 2.24. The molecule has 3 aromatic rings. The molecule has 2 aromatic carbocycles. The van der Waals surface area contributed by atoms with Crippen molar-refractivity contribution in [1.82, 2.24) is 15.0 Å². The van der Waals surface area contributed by atoms with Gasteiger partial charge in [0.2, 0.25) is 11.7 Å². The molecule has 0 unspecified atom stereocenters. The molecule has 0 saturated heterocycles. The number of aromatic nitrogens is 2. The van der Waals surface area contributed by atoms with Gasteiger partial charge in [-0.2, -0.15) is 4.98 Å². The zero-order valence-corrected chi connectivity index (χ0v) is 18.0. The van der Waals surface area contributed by atoms with Gasteiger partial charge in [0.1, 0.15) is 11.5 Å². The number of nitrogens with zero attached hydrogens (tertiary/aromatic N) is 3. The molecule has 0 fully saturated rings. The Morgan fingerprint density at radius 3 is 2.73 bits per heavy atom. The highest BCUT2D eigenvalue weighted by atomic mass is 16.5. The fraction of sp³-hybridized carbons (Fsp3) is 0.348. The molecular weight excluding hydrogens is 382 g/mol. The monoisotopic (exact) mass is 409 g/mol. The molecule has 0 bridgehead atoms. The molecule has 0 aliphatic rings. The first-order chi connectivity index (χ1) is 14.4. The van der Waals surface area contributed by atoms with Crippen molar-refractivity contribution < 1.29 is 18.8 Å². The van der Waals surface area contributed by atoms with Gasteiger partial charge in [0, 0.05) is 12.6 Å². The Bertz CT molecular complexity index is 1020. The van der Waals surface area contributed by atoms with E-state index >= 15 is 0 Å². The number of carbonyl (C=O) groups is 1. The average molecular weight is 409 g/mol. The van der Waals surface area contributed by atoms with E-state index in [0.29, 0.717) is 23.9 Å². The Kier molecular flexibility index (Phi) is 6.72. The van der Waals surface area contributed by atoms with Gasteiger partial charge >= 0.3 is 0 Å².